The molecule has 1 fully saturated rings. The molecule has 1 aliphatic carbocycles. The van der Waals surface area contributed by atoms with Crippen LogP contribution in [0.2, 0.25) is 0 Å². The molecule has 80 valence electrons. The summed E-state index contributed by atoms with van der Waals surface area (Å²) in [6.45, 7) is 3.26. The first-order valence-corrected chi connectivity index (χ1v) is 4.80. The summed E-state index contributed by atoms with van der Waals surface area (Å²) < 4.78 is 0. The number of aliphatic carboxylic acids is 1. The first-order chi connectivity index (χ1) is 6.50. The van der Waals surface area contributed by atoms with Crippen molar-refractivity contribution in [1.29, 1.82) is 0 Å². The monoisotopic (exact) mass is 200 g/mol. The predicted molar refractivity (Wildman–Crippen MR) is 51.0 cm³/mol. The number of nitrogens with one attached hydrogen (secondary N) is 2. The molecule has 0 aliphatic heterocycles. The quantitative estimate of drug-likeness (QED) is 0.620. The summed E-state index contributed by atoms with van der Waals surface area (Å²) in [5, 5.41) is 14.0. The molecule has 2 unspecified atom stereocenters. The van der Waals surface area contributed by atoms with Crippen molar-refractivity contribution in [1.82, 2.24) is 10.6 Å². The predicted octanol–water partition coefficient (Wildman–Crippen LogP) is 0.557. The van der Waals surface area contributed by atoms with Gasteiger partial charge in [0.2, 0.25) is 0 Å². The largest absolute Gasteiger partial charge is 0.481 e. The zero-order valence-corrected chi connectivity index (χ0v) is 8.41. The maximum absolute atomic E-state index is 11.2. The zero-order chi connectivity index (χ0) is 10.7. The molecule has 3 N–H and O–H groups in total. The highest BCUT2D eigenvalue weighted by Gasteiger charge is 2.25. The van der Waals surface area contributed by atoms with Gasteiger partial charge in [0, 0.05) is 12.1 Å². The molecule has 1 rings (SSSR count). The molecule has 14 heavy (non-hydrogen) atoms. The molecule has 0 bridgehead atoms. The minimum absolute atomic E-state index is 0.270. The Balaban J connectivity index is 2.27. The fourth-order valence-corrected chi connectivity index (χ4v) is 1.00. The van der Waals surface area contributed by atoms with Crippen LogP contribution in [0.1, 0.15) is 26.7 Å². The number of carbonyl (C=O) groups excluding carboxylic acids is 1. The van der Waals surface area contributed by atoms with Crippen LogP contribution in [0.25, 0.3) is 0 Å². The van der Waals surface area contributed by atoms with E-state index in [1.165, 1.54) is 0 Å². The van der Waals surface area contributed by atoms with E-state index in [-0.39, 0.29) is 12.1 Å². The van der Waals surface area contributed by atoms with Crippen LogP contribution in [0, 0.1) is 5.92 Å². The zero-order valence-electron chi connectivity index (χ0n) is 8.41. The Kier molecular flexibility index (Phi) is 3.33. The number of amides is 2. The van der Waals surface area contributed by atoms with Crippen molar-refractivity contribution in [3.63, 3.8) is 0 Å². The van der Waals surface area contributed by atoms with Gasteiger partial charge in [-0.2, -0.15) is 0 Å². The van der Waals surface area contributed by atoms with Crippen LogP contribution in [0.4, 0.5) is 4.79 Å². The normalized spacial score (nSPS) is 19.6. The highest BCUT2D eigenvalue weighted by Crippen LogP contribution is 2.18. The molecule has 1 saturated carbocycles. The molecule has 0 radical (unpaired) electrons. The van der Waals surface area contributed by atoms with E-state index in [1.54, 1.807) is 13.8 Å². The number of rotatable bonds is 4. The molecule has 2 atom stereocenters. The lowest BCUT2D eigenvalue weighted by atomic mass is 10.0. The third-order valence-corrected chi connectivity index (χ3v) is 2.41. The van der Waals surface area contributed by atoms with Crippen molar-refractivity contribution < 1.29 is 14.7 Å². The van der Waals surface area contributed by atoms with Gasteiger partial charge in [-0.25, -0.2) is 4.79 Å². The molecule has 0 saturated heterocycles. The molecule has 0 heterocycles. The van der Waals surface area contributed by atoms with Gasteiger partial charge in [0.1, 0.15) is 0 Å². The molecule has 1 aliphatic rings. The molecule has 0 spiro atoms. The summed E-state index contributed by atoms with van der Waals surface area (Å²) in [4.78, 5) is 21.8. The number of hydrogen-bond donors (Lipinski definition) is 3. The minimum atomic E-state index is -0.899. The Morgan fingerprint density at radius 2 is 1.93 bits per heavy atom. The summed E-state index contributed by atoms with van der Waals surface area (Å²) in [6, 6.07) is -0.332. The smallest absolute Gasteiger partial charge is 0.315 e. The van der Waals surface area contributed by atoms with Gasteiger partial charge in [-0.05, 0) is 26.7 Å². The Hall–Kier alpha value is -1.26. The SMILES string of the molecule is CC(NC(=O)NC1CC1)C(C)C(=O)O. The molecule has 2 amide bonds. The fourth-order valence-electron chi connectivity index (χ4n) is 1.00. The van der Waals surface area contributed by atoms with Crippen LogP contribution in [-0.4, -0.2) is 29.2 Å². The van der Waals surface area contributed by atoms with Crippen molar-refractivity contribution in [2.24, 2.45) is 5.92 Å². The Bertz CT molecular complexity index is 238. The molecule has 0 aromatic heterocycles. The van der Waals surface area contributed by atoms with Gasteiger partial charge in [-0.1, -0.05) is 0 Å². The number of carbonyl (C=O) groups is 2. The standard InChI is InChI=1S/C9H16N2O3/c1-5(8(12)13)6(2)10-9(14)11-7-3-4-7/h5-7H,3-4H2,1-2H3,(H,12,13)(H2,10,11,14). The molecule has 5 heteroatoms. The van der Waals surface area contributed by atoms with Gasteiger partial charge in [0.25, 0.3) is 0 Å². The summed E-state index contributed by atoms with van der Waals surface area (Å²) in [6.07, 6.45) is 2.05. The molecule has 5 nitrogen and oxygen atoms in total. The summed E-state index contributed by atoms with van der Waals surface area (Å²) in [7, 11) is 0. The van der Waals surface area contributed by atoms with Crippen LogP contribution in [0.15, 0.2) is 0 Å². The maximum Gasteiger partial charge on any atom is 0.315 e. The van der Waals surface area contributed by atoms with E-state index in [2.05, 4.69) is 10.6 Å². The molecular weight excluding hydrogens is 184 g/mol. The highest BCUT2D eigenvalue weighted by atomic mass is 16.4. The Labute approximate surface area is 82.9 Å². The topological polar surface area (TPSA) is 78.4 Å². The second-order valence-corrected chi connectivity index (χ2v) is 3.81. The lowest BCUT2D eigenvalue weighted by Gasteiger charge is -2.17. The second kappa shape index (κ2) is 4.30. The van der Waals surface area contributed by atoms with Gasteiger partial charge in [0.05, 0.1) is 5.92 Å². The summed E-state index contributed by atoms with van der Waals surface area (Å²) in [5.74, 6) is -1.47. The van der Waals surface area contributed by atoms with Gasteiger partial charge in [0.15, 0.2) is 0 Å². The van der Waals surface area contributed by atoms with Crippen molar-refractivity contribution in [2.45, 2.75) is 38.8 Å². The van der Waals surface area contributed by atoms with E-state index in [1.807, 2.05) is 0 Å². The number of carboxylic acids is 1. The van der Waals surface area contributed by atoms with Crippen molar-refractivity contribution in [2.75, 3.05) is 0 Å². The van der Waals surface area contributed by atoms with Crippen LogP contribution in [0.5, 0.6) is 0 Å². The van der Waals surface area contributed by atoms with E-state index < -0.39 is 11.9 Å². The van der Waals surface area contributed by atoms with Gasteiger partial charge in [-0.3, -0.25) is 4.79 Å². The average molecular weight is 200 g/mol. The number of hydrogen-bond acceptors (Lipinski definition) is 2. The van der Waals surface area contributed by atoms with Crippen molar-refractivity contribution >= 4 is 12.0 Å². The van der Waals surface area contributed by atoms with E-state index in [9.17, 15) is 9.59 Å². The van der Waals surface area contributed by atoms with E-state index in [0.717, 1.165) is 12.8 Å². The Morgan fingerprint density at radius 3 is 2.36 bits per heavy atom. The van der Waals surface area contributed by atoms with Crippen molar-refractivity contribution in [3.05, 3.63) is 0 Å². The van der Waals surface area contributed by atoms with Crippen LogP contribution < -0.4 is 10.6 Å². The number of urea groups is 1. The summed E-state index contributed by atoms with van der Waals surface area (Å²) in [5.41, 5.74) is 0. The second-order valence-electron chi connectivity index (χ2n) is 3.81. The van der Waals surface area contributed by atoms with Gasteiger partial charge >= 0.3 is 12.0 Å². The van der Waals surface area contributed by atoms with E-state index >= 15 is 0 Å². The van der Waals surface area contributed by atoms with Crippen molar-refractivity contribution in [3.8, 4) is 0 Å². The first kappa shape index (κ1) is 10.8. The third-order valence-electron chi connectivity index (χ3n) is 2.41. The molecule has 0 aromatic rings. The third kappa shape index (κ3) is 3.24. The summed E-state index contributed by atoms with van der Waals surface area (Å²) >= 11 is 0. The average Bonchev–Trinajstić information content (AvgIpc) is 2.86. The first-order valence-electron chi connectivity index (χ1n) is 4.80. The van der Waals surface area contributed by atoms with Crippen LogP contribution in [-0.2, 0) is 4.79 Å². The lowest BCUT2D eigenvalue weighted by Crippen LogP contribution is -2.45. The van der Waals surface area contributed by atoms with Crippen LogP contribution >= 0.6 is 0 Å². The van der Waals surface area contributed by atoms with Crippen LogP contribution in [0.3, 0.4) is 0 Å². The van der Waals surface area contributed by atoms with E-state index in [4.69, 9.17) is 5.11 Å². The lowest BCUT2D eigenvalue weighted by molar-refractivity contribution is -0.141. The molecular formula is C9H16N2O3. The fraction of sp³-hybridized carbons (Fsp3) is 0.778. The minimum Gasteiger partial charge on any atom is -0.481 e. The van der Waals surface area contributed by atoms with E-state index in [0.29, 0.717) is 6.04 Å². The Morgan fingerprint density at radius 1 is 1.36 bits per heavy atom. The van der Waals surface area contributed by atoms with Gasteiger partial charge < -0.3 is 15.7 Å². The van der Waals surface area contributed by atoms with Gasteiger partial charge in [-0.15, -0.1) is 0 Å². The molecule has 0 aromatic carbocycles. The highest BCUT2D eigenvalue weighted by molar-refractivity contribution is 5.76. The number of carboxylic acid groups (broad SMARTS) is 1. The maximum atomic E-state index is 11.2.